The highest BCUT2D eigenvalue weighted by Gasteiger charge is 2.02. The van der Waals surface area contributed by atoms with Crippen LogP contribution in [-0.4, -0.2) is 18.1 Å². The normalized spacial score (nSPS) is 12.2. The highest BCUT2D eigenvalue weighted by Crippen LogP contribution is 2.13. The Morgan fingerprint density at radius 3 is 2.69 bits per heavy atom. The molecule has 2 heteroatoms. The van der Waals surface area contributed by atoms with Gasteiger partial charge in [0.25, 0.3) is 0 Å². The lowest BCUT2D eigenvalue weighted by Crippen LogP contribution is -2.18. The summed E-state index contributed by atoms with van der Waals surface area (Å²) in [5.41, 5.74) is 3.68. The minimum atomic E-state index is 0.570. The lowest BCUT2D eigenvalue weighted by Gasteiger charge is -2.12. The Hall–Kier alpha value is -1.15. The van der Waals surface area contributed by atoms with Gasteiger partial charge in [-0.25, -0.2) is 0 Å². The summed E-state index contributed by atoms with van der Waals surface area (Å²) in [4.78, 5) is 4.31. The fraction of sp³-hybridized carbons (Fsp3) is 0.500. The molecule has 0 aliphatic rings. The SMILES string of the molecule is CCNC/C(=C/c1ccc(C)nc1)C(C)C. The first kappa shape index (κ1) is 12.9. The van der Waals surface area contributed by atoms with E-state index in [1.54, 1.807) is 0 Å². The molecule has 0 aliphatic carbocycles. The quantitative estimate of drug-likeness (QED) is 0.821. The molecule has 16 heavy (non-hydrogen) atoms. The van der Waals surface area contributed by atoms with Crippen molar-refractivity contribution in [1.82, 2.24) is 10.3 Å². The average molecular weight is 218 g/mol. The van der Waals surface area contributed by atoms with E-state index in [4.69, 9.17) is 0 Å². The molecule has 2 nitrogen and oxygen atoms in total. The predicted octanol–water partition coefficient (Wildman–Crippen LogP) is 3.04. The van der Waals surface area contributed by atoms with Gasteiger partial charge in [-0.1, -0.05) is 38.5 Å². The number of aryl methyl sites for hydroxylation is 1. The van der Waals surface area contributed by atoms with Crippen molar-refractivity contribution in [2.45, 2.75) is 27.7 Å². The zero-order valence-corrected chi connectivity index (χ0v) is 10.7. The van der Waals surface area contributed by atoms with Crippen molar-refractivity contribution in [2.24, 2.45) is 5.92 Å². The first-order valence-corrected chi connectivity index (χ1v) is 5.97. The number of aromatic nitrogens is 1. The van der Waals surface area contributed by atoms with E-state index in [1.165, 1.54) is 11.1 Å². The topological polar surface area (TPSA) is 24.9 Å². The van der Waals surface area contributed by atoms with E-state index >= 15 is 0 Å². The summed E-state index contributed by atoms with van der Waals surface area (Å²) in [6.07, 6.45) is 4.17. The molecule has 1 aromatic heterocycles. The molecule has 0 amide bonds. The molecule has 0 radical (unpaired) electrons. The van der Waals surface area contributed by atoms with Crippen LogP contribution in [0, 0.1) is 12.8 Å². The highest BCUT2D eigenvalue weighted by atomic mass is 14.8. The van der Waals surface area contributed by atoms with Crippen LogP contribution in [0.1, 0.15) is 32.0 Å². The molecule has 0 atom stereocenters. The van der Waals surface area contributed by atoms with Gasteiger partial charge in [0.1, 0.15) is 0 Å². The second kappa shape index (κ2) is 6.44. The number of nitrogens with zero attached hydrogens (tertiary/aromatic N) is 1. The summed E-state index contributed by atoms with van der Waals surface area (Å²) < 4.78 is 0. The van der Waals surface area contributed by atoms with Crippen LogP contribution in [0.2, 0.25) is 0 Å². The third kappa shape index (κ3) is 4.15. The number of rotatable bonds is 5. The van der Waals surface area contributed by atoms with Crippen LogP contribution >= 0.6 is 0 Å². The minimum Gasteiger partial charge on any atom is -0.313 e. The smallest absolute Gasteiger partial charge is 0.0373 e. The Morgan fingerprint density at radius 2 is 2.19 bits per heavy atom. The van der Waals surface area contributed by atoms with E-state index in [9.17, 15) is 0 Å². The minimum absolute atomic E-state index is 0.570. The summed E-state index contributed by atoms with van der Waals surface area (Å²) in [5.74, 6) is 0.570. The lowest BCUT2D eigenvalue weighted by atomic mass is 10.0. The van der Waals surface area contributed by atoms with Crippen LogP contribution in [0.3, 0.4) is 0 Å². The van der Waals surface area contributed by atoms with Gasteiger partial charge in [-0.2, -0.15) is 0 Å². The Balaban J connectivity index is 2.80. The van der Waals surface area contributed by atoms with E-state index < -0.39 is 0 Å². The Kier molecular flexibility index (Phi) is 5.20. The van der Waals surface area contributed by atoms with Crippen molar-refractivity contribution >= 4 is 6.08 Å². The van der Waals surface area contributed by atoms with Crippen LogP contribution in [0.5, 0.6) is 0 Å². The molecule has 0 aromatic carbocycles. The number of nitrogens with one attached hydrogen (secondary N) is 1. The maximum absolute atomic E-state index is 4.31. The second-order valence-corrected chi connectivity index (χ2v) is 4.39. The molecule has 0 bridgehead atoms. The fourth-order valence-corrected chi connectivity index (χ4v) is 1.47. The van der Waals surface area contributed by atoms with E-state index in [-0.39, 0.29) is 0 Å². The molecule has 0 saturated heterocycles. The molecule has 0 spiro atoms. The third-order valence-electron chi connectivity index (χ3n) is 2.61. The molecular weight excluding hydrogens is 196 g/mol. The van der Waals surface area contributed by atoms with Crippen molar-refractivity contribution in [3.63, 3.8) is 0 Å². The van der Waals surface area contributed by atoms with E-state index in [1.807, 2.05) is 13.1 Å². The largest absolute Gasteiger partial charge is 0.313 e. The summed E-state index contributed by atoms with van der Waals surface area (Å²) in [5, 5.41) is 3.37. The van der Waals surface area contributed by atoms with E-state index in [0.717, 1.165) is 18.8 Å². The van der Waals surface area contributed by atoms with Gasteiger partial charge in [0, 0.05) is 18.4 Å². The molecular formula is C14H22N2. The van der Waals surface area contributed by atoms with Crippen molar-refractivity contribution in [1.29, 1.82) is 0 Å². The molecule has 1 N–H and O–H groups in total. The summed E-state index contributed by atoms with van der Waals surface area (Å²) in [6, 6.07) is 4.17. The number of likely N-dealkylation sites (N-methyl/N-ethyl adjacent to an activating group) is 1. The average Bonchev–Trinajstić information content (AvgIpc) is 2.26. The zero-order valence-electron chi connectivity index (χ0n) is 10.7. The van der Waals surface area contributed by atoms with Crippen molar-refractivity contribution in [3.05, 3.63) is 35.2 Å². The van der Waals surface area contributed by atoms with Crippen LogP contribution in [-0.2, 0) is 0 Å². The van der Waals surface area contributed by atoms with Gasteiger partial charge in [0.15, 0.2) is 0 Å². The van der Waals surface area contributed by atoms with Gasteiger partial charge in [0.05, 0.1) is 0 Å². The first-order valence-electron chi connectivity index (χ1n) is 5.97. The van der Waals surface area contributed by atoms with Crippen LogP contribution in [0.15, 0.2) is 23.9 Å². The Labute approximate surface area is 98.8 Å². The molecule has 1 aromatic rings. The van der Waals surface area contributed by atoms with E-state index in [0.29, 0.717) is 5.92 Å². The molecule has 0 aliphatic heterocycles. The van der Waals surface area contributed by atoms with Crippen LogP contribution in [0.25, 0.3) is 6.08 Å². The predicted molar refractivity (Wildman–Crippen MR) is 70.3 cm³/mol. The molecule has 1 heterocycles. The summed E-state index contributed by atoms with van der Waals surface area (Å²) in [7, 11) is 0. The zero-order chi connectivity index (χ0) is 12.0. The van der Waals surface area contributed by atoms with Gasteiger partial charge in [-0.15, -0.1) is 0 Å². The molecule has 1 rings (SSSR count). The maximum Gasteiger partial charge on any atom is 0.0373 e. The number of pyridine rings is 1. The Morgan fingerprint density at radius 1 is 1.44 bits per heavy atom. The number of hydrogen-bond acceptors (Lipinski definition) is 2. The van der Waals surface area contributed by atoms with Gasteiger partial charge < -0.3 is 5.32 Å². The van der Waals surface area contributed by atoms with Gasteiger partial charge >= 0.3 is 0 Å². The van der Waals surface area contributed by atoms with Crippen molar-refractivity contribution < 1.29 is 0 Å². The summed E-state index contributed by atoms with van der Waals surface area (Å²) >= 11 is 0. The van der Waals surface area contributed by atoms with Gasteiger partial charge in [-0.3, -0.25) is 4.98 Å². The monoisotopic (exact) mass is 218 g/mol. The van der Waals surface area contributed by atoms with Crippen LogP contribution < -0.4 is 5.32 Å². The number of hydrogen-bond donors (Lipinski definition) is 1. The first-order chi connectivity index (χ1) is 7.63. The molecule has 0 unspecified atom stereocenters. The fourth-order valence-electron chi connectivity index (χ4n) is 1.47. The maximum atomic E-state index is 4.31. The molecule has 0 fully saturated rings. The standard InChI is InChI=1S/C14H22N2/c1-5-15-10-14(11(2)3)8-13-7-6-12(4)16-9-13/h6-9,11,15H,5,10H2,1-4H3/b14-8-. The highest BCUT2D eigenvalue weighted by molar-refractivity contribution is 5.52. The van der Waals surface area contributed by atoms with Gasteiger partial charge in [0.2, 0.25) is 0 Å². The second-order valence-electron chi connectivity index (χ2n) is 4.39. The lowest BCUT2D eigenvalue weighted by molar-refractivity contribution is 0.682. The molecule has 88 valence electrons. The van der Waals surface area contributed by atoms with E-state index in [2.05, 4.69) is 49.3 Å². The third-order valence-corrected chi connectivity index (χ3v) is 2.61. The summed E-state index contributed by atoms with van der Waals surface area (Å²) in [6.45, 7) is 10.6. The molecule has 0 saturated carbocycles. The van der Waals surface area contributed by atoms with Crippen molar-refractivity contribution in [2.75, 3.05) is 13.1 Å². The van der Waals surface area contributed by atoms with Crippen molar-refractivity contribution in [3.8, 4) is 0 Å². The Bertz CT molecular complexity index is 336. The van der Waals surface area contributed by atoms with Gasteiger partial charge in [-0.05, 0) is 31.0 Å². The van der Waals surface area contributed by atoms with Crippen LogP contribution in [0.4, 0.5) is 0 Å².